The first kappa shape index (κ1) is 24.5. The van der Waals surface area contributed by atoms with Gasteiger partial charge in [-0.25, -0.2) is 0 Å². The molecule has 1 amide bonds. The molecule has 0 unspecified atom stereocenters. The maximum atomic E-state index is 13.0. The van der Waals surface area contributed by atoms with Gasteiger partial charge in [-0.05, 0) is 73.3 Å². The standard InChI is InChI=1S/C28H27F3N4O3/c1-37-25-12-19(10-18-6-9-34(16-28(29,30)31)27(36)26(18)25)23-15-38-24-11-17(2-3-22(23)24)20-13-33-35(14-20)21-4-7-32-8-5-21/h2-3,10-15,21,32H,4-9,16H2,1H3. The molecule has 0 aliphatic carbocycles. The van der Waals surface area contributed by atoms with E-state index < -0.39 is 18.6 Å². The predicted molar refractivity (Wildman–Crippen MR) is 136 cm³/mol. The van der Waals surface area contributed by atoms with Crippen molar-refractivity contribution < 1.29 is 27.1 Å². The quantitative estimate of drug-likeness (QED) is 0.376. The van der Waals surface area contributed by atoms with Crippen molar-refractivity contribution in [1.82, 2.24) is 20.0 Å². The lowest BCUT2D eigenvalue weighted by Crippen LogP contribution is -2.43. The van der Waals surface area contributed by atoms with Crippen molar-refractivity contribution in [2.45, 2.75) is 31.5 Å². The van der Waals surface area contributed by atoms with Gasteiger partial charge in [-0.3, -0.25) is 9.48 Å². The van der Waals surface area contributed by atoms with Gasteiger partial charge in [0, 0.05) is 29.3 Å². The number of fused-ring (bicyclic) bond motifs is 2. The summed E-state index contributed by atoms with van der Waals surface area (Å²) in [5.74, 6) is -0.413. The second-order valence-electron chi connectivity index (χ2n) is 9.86. The Hall–Kier alpha value is -3.79. The summed E-state index contributed by atoms with van der Waals surface area (Å²) in [6, 6.07) is 9.94. The molecule has 2 aliphatic heterocycles. The fourth-order valence-electron chi connectivity index (χ4n) is 5.50. The number of benzene rings is 2. The van der Waals surface area contributed by atoms with E-state index in [0.29, 0.717) is 23.6 Å². The molecule has 1 saturated heterocycles. The molecular weight excluding hydrogens is 497 g/mol. The van der Waals surface area contributed by atoms with E-state index in [9.17, 15) is 18.0 Å². The van der Waals surface area contributed by atoms with Crippen molar-refractivity contribution >= 4 is 16.9 Å². The third-order valence-corrected chi connectivity index (χ3v) is 7.43. The van der Waals surface area contributed by atoms with E-state index in [2.05, 4.69) is 16.6 Å². The number of furan rings is 1. The van der Waals surface area contributed by atoms with Gasteiger partial charge in [-0.15, -0.1) is 0 Å². The van der Waals surface area contributed by atoms with Crippen LogP contribution in [0.5, 0.6) is 5.75 Å². The molecule has 1 N–H and O–H groups in total. The van der Waals surface area contributed by atoms with Crippen LogP contribution < -0.4 is 10.1 Å². The van der Waals surface area contributed by atoms with Crippen LogP contribution in [0.1, 0.15) is 34.8 Å². The number of halogens is 3. The number of aromatic nitrogens is 2. The van der Waals surface area contributed by atoms with Gasteiger partial charge in [-0.2, -0.15) is 18.3 Å². The second-order valence-corrected chi connectivity index (χ2v) is 9.86. The molecule has 2 aliphatic rings. The summed E-state index contributed by atoms with van der Waals surface area (Å²) in [6.07, 6.45) is 3.57. The highest BCUT2D eigenvalue weighted by molar-refractivity contribution is 6.02. The lowest BCUT2D eigenvalue weighted by molar-refractivity contribution is -0.141. The summed E-state index contributed by atoms with van der Waals surface area (Å²) < 4.78 is 52.3. The fraction of sp³-hybridized carbons (Fsp3) is 0.357. The van der Waals surface area contributed by atoms with E-state index in [-0.39, 0.29) is 17.9 Å². The van der Waals surface area contributed by atoms with E-state index in [1.165, 1.54) is 7.11 Å². The summed E-state index contributed by atoms with van der Waals surface area (Å²) in [7, 11) is 1.42. The van der Waals surface area contributed by atoms with E-state index in [4.69, 9.17) is 9.15 Å². The number of nitrogens with zero attached hydrogens (tertiary/aromatic N) is 3. The molecule has 4 heterocycles. The first-order valence-corrected chi connectivity index (χ1v) is 12.6. The number of carbonyl (C=O) groups excluding carboxylic acids is 1. The van der Waals surface area contributed by atoms with Crippen LogP contribution in [0.15, 0.2) is 53.4 Å². The zero-order chi connectivity index (χ0) is 26.4. The van der Waals surface area contributed by atoms with E-state index in [0.717, 1.165) is 58.5 Å². The number of hydrogen-bond acceptors (Lipinski definition) is 5. The van der Waals surface area contributed by atoms with Gasteiger partial charge in [-0.1, -0.05) is 6.07 Å². The van der Waals surface area contributed by atoms with E-state index >= 15 is 0 Å². The molecule has 0 bridgehead atoms. The zero-order valence-corrected chi connectivity index (χ0v) is 20.8. The predicted octanol–water partition coefficient (Wildman–Crippen LogP) is 5.46. The number of rotatable bonds is 5. The third kappa shape index (κ3) is 4.53. The largest absolute Gasteiger partial charge is 0.496 e. The molecule has 0 radical (unpaired) electrons. The highest BCUT2D eigenvalue weighted by Gasteiger charge is 2.37. The molecule has 6 rings (SSSR count). The van der Waals surface area contributed by atoms with Gasteiger partial charge in [0.1, 0.15) is 17.9 Å². The Morgan fingerprint density at radius 2 is 1.95 bits per heavy atom. The Morgan fingerprint density at radius 1 is 1.13 bits per heavy atom. The maximum Gasteiger partial charge on any atom is 0.406 e. The molecule has 4 aromatic rings. The number of ether oxygens (including phenoxy) is 1. The molecule has 7 nitrogen and oxygen atoms in total. The second kappa shape index (κ2) is 9.50. The number of hydrogen-bond donors (Lipinski definition) is 1. The number of alkyl halides is 3. The molecule has 2 aromatic carbocycles. The van der Waals surface area contributed by atoms with Crippen LogP contribution in [0.25, 0.3) is 33.2 Å². The number of carbonyl (C=O) groups is 1. The van der Waals surface area contributed by atoms with Crippen LogP contribution in [0.2, 0.25) is 0 Å². The molecule has 198 valence electrons. The SMILES string of the molecule is COc1cc(-c2coc3cc(-c4cnn(C5CCNCC5)c4)ccc23)cc2c1C(=O)N(CC(F)(F)F)CC2. The number of methoxy groups -OCH3 is 1. The van der Waals surface area contributed by atoms with Gasteiger partial charge in [0.25, 0.3) is 5.91 Å². The Morgan fingerprint density at radius 3 is 2.71 bits per heavy atom. The zero-order valence-electron chi connectivity index (χ0n) is 20.8. The van der Waals surface area contributed by atoms with Crippen molar-refractivity contribution in [2.24, 2.45) is 0 Å². The Bertz CT molecular complexity index is 1480. The van der Waals surface area contributed by atoms with Crippen molar-refractivity contribution in [3.8, 4) is 28.0 Å². The average molecular weight is 525 g/mol. The van der Waals surface area contributed by atoms with Crippen LogP contribution in [-0.2, 0) is 6.42 Å². The highest BCUT2D eigenvalue weighted by Crippen LogP contribution is 2.39. The summed E-state index contributed by atoms with van der Waals surface area (Å²) >= 11 is 0. The summed E-state index contributed by atoms with van der Waals surface area (Å²) in [5.41, 5.74) is 5.17. The van der Waals surface area contributed by atoms with Gasteiger partial charge in [0.15, 0.2) is 0 Å². The monoisotopic (exact) mass is 524 g/mol. The van der Waals surface area contributed by atoms with Crippen molar-refractivity contribution in [2.75, 3.05) is 33.3 Å². The number of piperidine rings is 1. The topological polar surface area (TPSA) is 72.5 Å². The van der Waals surface area contributed by atoms with Crippen LogP contribution in [0, 0.1) is 0 Å². The number of nitrogens with one attached hydrogen (secondary N) is 1. The van der Waals surface area contributed by atoms with E-state index in [1.807, 2.05) is 35.1 Å². The Balaban J connectivity index is 1.31. The molecule has 10 heteroatoms. The first-order chi connectivity index (χ1) is 18.3. The van der Waals surface area contributed by atoms with E-state index in [1.54, 1.807) is 12.3 Å². The van der Waals surface area contributed by atoms with Crippen molar-refractivity contribution in [3.63, 3.8) is 0 Å². The molecule has 38 heavy (non-hydrogen) atoms. The average Bonchev–Trinajstić information content (AvgIpc) is 3.57. The maximum absolute atomic E-state index is 13.0. The van der Waals surface area contributed by atoms with Crippen LogP contribution >= 0.6 is 0 Å². The molecule has 0 saturated carbocycles. The minimum atomic E-state index is -4.46. The van der Waals surface area contributed by atoms with Crippen molar-refractivity contribution in [3.05, 3.63) is 60.1 Å². The third-order valence-electron chi connectivity index (χ3n) is 7.43. The van der Waals surface area contributed by atoms with Crippen LogP contribution in [-0.4, -0.2) is 60.1 Å². The lowest BCUT2D eigenvalue weighted by atomic mass is 9.92. The normalized spacial score (nSPS) is 16.7. The van der Waals surface area contributed by atoms with Crippen molar-refractivity contribution in [1.29, 1.82) is 0 Å². The minimum Gasteiger partial charge on any atom is -0.496 e. The summed E-state index contributed by atoms with van der Waals surface area (Å²) in [4.78, 5) is 13.7. The number of amides is 1. The minimum absolute atomic E-state index is 0.00149. The fourth-order valence-corrected chi connectivity index (χ4v) is 5.50. The highest BCUT2D eigenvalue weighted by atomic mass is 19.4. The van der Waals surface area contributed by atoms with Gasteiger partial charge in [0.2, 0.25) is 0 Å². The molecule has 1 fully saturated rings. The molecule has 2 aromatic heterocycles. The Labute approximate surface area is 217 Å². The van der Waals surface area contributed by atoms with Crippen LogP contribution in [0.3, 0.4) is 0 Å². The summed E-state index contributed by atoms with van der Waals surface area (Å²) in [5, 5.41) is 8.86. The lowest BCUT2D eigenvalue weighted by Gasteiger charge is -2.30. The molecule has 0 atom stereocenters. The molecule has 0 spiro atoms. The van der Waals surface area contributed by atoms with Gasteiger partial charge in [0.05, 0.1) is 31.2 Å². The smallest absolute Gasteiger partial charge is 0.406 e. The Kier molecular flexibility index (Phi) is 6.14. The first-order valence-electron chi connectivity index (χ1n) is 12.6. The molecular formula is C28H27F3N4O3. The summed E-state index contributed by atoms with van der Waals surface area (Å²) in [6.45, 7) is 0.711. The van der Waals surface area contributed by atoms with Gasteiger partial charge >= 0.3 is 6.18 Å². The van der Waals surface area contributed by atoms with Crippen LogP contribution in [0.4, 0.5) is 13.2 Å². The van der Waals surface area contributed by atoms with Gasteiger partial charge < -0.3 is 19.4 Å².